The Labute approximate surface area is 159 Å². The summed E-state index contributed by atoms with van der Waals surface area (Å²) in [5, 5.41) is 3.59. The molecule has 0 aromatic carbocycles. The standard InChI is InChI=1S/C24H47N/c1-3-5-7-9-10-11-12-13-14-15-16-17-18-20-22-24-25-23-21-19-8-6-4-2/h9-10,14-15,25H,3-8,11-13,16-24H2,1-2H3/b10-9-,15-14-. The monoisotopic (exact) mass is 349 g/mol. The van der Waals surface area contributed by atoms with Crippen molar-refractivity contribution in [1.82, 2.24) is 5.32 Å². The van der Waals surface area contributed by atoms with Crippen molar-refractivity contribution in [3.05, 3.63) is 24.3 Å². The lowest BCUT2D eigenvalue weighted by Crippen LogP contribution is -2.16. The Morgan fingerprint density at radius 2 is 0.880 bits per heavy atom. The summed E-state index contributed by atoms with van der Waals surface area (Å²) >= 11 is 0. The van der Waals surface area contributed by atoms with Gasteiger partial charge in [0.25, 0.3) is 0 Å². The van der Waals surface area contributed by atoms with Crippen LogP contribution in [0, 0.1) is 0 Å². The first kappa shape index (κ1) is 24.4. The quantitative estimate of drug-likeness (QED) is 0.173. The highest BCUT2D eigenvalue weighted by Gasteiger charge is 1.91. The van der Waals surface area contributed by atoms with E-state index in [-0.39, 0.29) is 0 Å². The molecule has 1 nitrogen and oxygen atoms in total. The molecule has 0 bridgehead atoms. The second-order valence-electron chi connectivity index (χ2n) is 7.38. The highest BCUT2D eigenvalue weighted by molar-refractivity contribution is 4.85. The van der Waals surface area contributed by atoms with Gasteiger partial charge < -0.3 is 5.32 Å². The lowest BCUT2D eigenvalue weighted by molar-refractivity contribution is 0.554. The van der Waals surface area contributed by atoms with Crippen LogP contribution in [0.1, 0.15) is 117 Å². The number of unbranched alkanes of at least 4 members (excludes halogenated alkanes) is 12. The molecule has 0 saturated heterocycles. The zero-order valence-corrected chi connectivity index (χ0v) is 17.5. The third-order valence-corrected chi connectivity index (χ3v) is 4.73. The molecule has 0 fully saturated rings. The van der Waals surface area contributed by atoms with E-state index in [4.69, 9.17) is 0 Å². The molecule has 148 valence electrons. The van der Waals surface area contributed by atoms with Gasteiger partial charge >= 0.3 is 0 Å². The van der Waals surface area contributed by atoms with E-state index in [0.29, 0.717) is 0 Å². The maximum atomic E-state index is 3.59. The predicted octanol–water partition coefficient (Wildman–Crippen LogP) is 7.97. The minimum Gasteiger partial charge on any atom is -0.317 e. The highest BCUT2D eigenvalue weighted by atomic mass is 14.8. The molecule has 0 aromatic heterocycles. The molecule has 0 spiro atoms. The molecular formula is C24H47N. The lowest BCUT2D eigenvalue weighted by atomic mass is 10.1. The third-order valence-electron chi connectivity index (χ3n) is 4.73. The average Bonchev–Trinajstić information content (AvgIpc) is 2.63. The Kier molecular flexibility index (Phi) is 22.9. The van der Waals surface area contributed by atoms with E-state index in [1.807, 2.05) is 0 Å². The molecule has 0 radical (unpaired) electrons. The van der Waals surface area contributed by atoms with Crippen molar-refractivity contribution in [2.75, 3.05) is 13.1 Å². The highest BCUT2D eigenvalue weighted by Crippen LogP contribution is 2.06. The molecule has 25 heavy (non-hydrogen) atoms. The molecular weight excluding hydrogens is 302 g/mol. The molecule has 1 N–H and O–H groups in total. The number of allylic oxidation sites excluding steroid dienone is 4. The van der Waals surface area contributed by atoms with Gasteiger partial charge in [0.05, 0.1) is 0 Å². The Balaban J connectivity index is 3.09. The van der Waals surface area contributed by atoms with Crippen LogP contribution >= 0.6 is 0 Å². The second-order valence-corrected chi connectivity index (χ2v) is 7.38. The van der Waals surface area contributed by atoms with Crippen LogP contribution in [0.4, 0.5) is 0 Å². The molecule has 0 saturated carbocycles. The Bertz CT molecular complexity index is 280. The first-order valence-electron chi connectivity index (χ1n) is 11.4. The van der Waals surface area contributed by atoms with Crippen LogP contribution < -0.4 is 5.32 Å². The lowest BCUT2D eigenvalue weighted by Gasteiger charge is -2.04. The molecule has 0 aromatic rings. The number of nitrogens with one attached hydrogen (secondary N) is 1. The summed E-state index contributed by atoms with van der Waals surface area (Å²) < 4.78 is 0. The first-order valence-corrected chi connectivity index (χ1v) is 11.4. The van der Waals surface area contributed by atoms with Crippen LogP contribution in [-0.4, -0.2) is 13.1 Å². The maximum absolute atomic E-state index is 3.59. The molecule has 1 heteroatoms. The fourth-order valence-electron chi connectivity index (χ4n) is 2.99. The first-order chi connectivity index (χ1) is 12.4. The fraction of sp³-hybridized carbons (Fsp3) is 0.833. The fourth-order valence-corrected chi connectivity index (χ4v) is 2.99. The molecule has 0 amide bonds. The van der Waals surface area contributed by atoms with E-state index < -0.39 is 0 Å². The third kappa shape index (κ3) is 23.4. The van der Waals surface area contributed by atoms with Gasteiger partial charge in [0, 0.05) is 0 Å². The van der Waals surface area contributed by atoms with Gasteiger partial charge in [0.1, 0.15) is 0 Å². The van der Waals surface area contributed by atoms with E-state index in [9.17, 15) is 0 Å². The van der Waals surface area contributed by atoms with Gasteiger partial charge in [-0.05, 0) is 64.5 Å². The van der Waals surface area contributed by atoms with Gasteiger partial charge in [0.2, 0.25) is 0 Å². The van der Waals surface area contributed by atoms with Crippen LogP contribution in [0.2, 0.25) is 0 Å². The van der Waals surface area contributed by atoms with Crippen molar-refractivity contribution in [1.29, 1.82) is 0 Å². The molecule has 0 atom stereocenters. The van der Waals surface area contributed by atoms with Crippen LogP contribution in [0.25, 0.3) is 0 Å². The Hall–Kier alpha value is -0.560. The second kappa shape index (κ2) is 23.4. The number of hydrogen-bond acceptors (Lipinski definition) is 1. The van der Waals surface area contributed by atoms with E-state index in [1.165, 1.54) is 116 Å². The van der Waals surface area contributed by atoms with Crippen molar-refractivity contribution in [3.63, 3.8) is 0 Å². The summed E-state index contributed by atoms with van der Waals surface area (Å²) in [4.78, 5) is 0. The largest absolute Gasteiger partial charge is 0.317 e. The van der Waals surface area contributed by atoms with Gasteiger partial charge in [-0.25, -0.2) is 0 Å². The summed E-state index contributed by atoms with van der Waals surface area (Å²) in [5.74, 6) is 0. The average molecular weight is 350 g/mol. The van der Waals surface area contributed by atoms with Gasteiger partial charge in [0.15, 0.2) is 0 Å². The Morgan fingerprint density at radius 3 is 1.44 bits per heavy atom. The van der Waals surface area contributed by atoms with Crippen molar-refractivity contribution < 1.29 is 0 Å². The topological polar surface area (TPSA) is 12.0 Å². The zero-order valence-electron chi connectivity index (χ0n) is 17.5. The van der Waals surface area contributed by atoms with Gasteiger partial charge in [-0.1, -0.05) is 89.5 Å². The van der Waals surface area contributed by atoms with E-state index in [0.717, 1.165) is 0 Å². The van der Waals surface area contributed by atoms with Crippen molar-refractivity contribution in [3.8, 4) is 0 Å². The summed E-state index contributed by atoms with van der Waals surface area (Å²) in [5.41, 5.74) is 0. The summed E-state index contributed by atoms with van der Waals surface area (Å²) in [6.07, 6.45) is 30.9. The zero-order chi connectivity index (χ0) is 18.3. The van der Waals surface area contributed by atoms with E-state index >= 15 is 0 Å². The van der Waals surface area contributed by atoms with Crippen LogP contribution in [-0.2, 0) is 0 Å². The molecule has 0 rings (SSSR count). The number of hydrogen-bond donors (Lipinski definition) is 1. The number of rotatable bonds is 20. The minimum absolute atomic E-state index is 1.22. The van der Waals surface area contributed by atoms with Crippen LogP contribution in [0.5, 0.6) is 0 Å². The van der Waals surface area contributed by atoms with Gasteiger partial charge in [-0.2, -0.15) is 0 Å². The summed E-state index contributed by atoms with van der Waals surface area (Å²) in [7, 11) is 0. The molecule has 0 heterocycles. The predicted molar refractivity (Wildman–Crippen MR) is 116 cm³/mol. The van der Waals surface area contributed by atoms with Crippen LogP contribution in [0.15, 0.2) is 24.3 Å². The van der Waals surface area contributed by atoms with Gasteiger partial charge in [-0.3, -0.25) is 0 Å². The summed E-state index contributed by atoms with van der Waals surface area (Å²) in [6, 6.07) is 0. The molecule has 0 aliphatic carbocycles. The Morgan fingerprint density at radius 1 is 0.440 bits per heavy atom. The SMILES string of the molecule is CCCC/C=C\CCC/C=C\CCCCCCNCCCCCCC. The summed E-state index contributed by atoms with van der Waals surface area (Å²) in [6.45, 7) is 6.98. The van der Waals surface area contributed by atoms with Crippen LogP contribution in [0.3, 0.4) is 0 Å². The van der Waals surface area contributed by atoms with Crippen molar-refractivity contribution in [2.24, 2.45) is 0 Å². The minimum atomic E-state index is 1.22. The smallest absolute Gasteiger partial charge is 0.00489 e. The normalized spacial score (nSPS) is 11.9. The van der Waals surface area contributed by atoms with Crippen molar-refractivity contribution in [2.45, 2.75) is 117 Å². The maximum Gasteiger partial charge on any atom is -0.00489 e. The van der Waals surface area contributed by atoms with E-state index in [1.54, 1.807) is 0 Å². The van der Waals surface area contributed by atoms with Crippen molar-refractivity contribution >= 4 is 0 Å². The van der Waals surface area contributed by atoms with E-state index in [2.05, 4.69) is 43.5 Å². The van der Waals surface area contributed by atoms with Gasteiger partial charge in [-0.15, -0.1) is 0 Å². The molecule has 0 aliphatic rings. The molecule has 0 unspecified atom stereocenters. The molecule has 0 aliphatic heterocycles.